The Morgan fingerprint density at radius 2 is 1.94 bits per heavy atom. The lowest BCUT2D eigenvalue weighted by molar-refractivity contribution is -0.128. The molecule has 4 nitrogen and oxygen atoms in total. The van der Waals surface area contributed by atoms with Crippen LogP contribution in [0.2, 0.25) is 0 Å². The summed E-state index contributed by atoms with van der Waals surface area (Å²) in [6, 6.07) is 7.22. The number of halogens is 1. The summed E-state index contributed by atoms with van der Waals surface area (Å²) in [7, 11) is 0. The van der Waals surface area contributed by atoms with E-state index in [1.807, 2.05) is 24.3 Å². The number of hydrogen-bond donors (Lipinski definition) is 2. The van der Waals surface area contributed by atoms with Gasteiger partial charge in [0.2, 0.25) is 11.8 Å². The summed E-state index contributed by atoms with van der Waals surface area (Å²) >= 11 is 2.22. The Morgan fingerprint density at radius 1 is 1.33 bits per heavy atom. The minimum Gasteiger partial charge on any atom is -0.368 e. The maximum Gasteiger partial charge on any atom is 0.240 e. The average Bonchev–Trinajstić information content (AvgIpc) is 3.14. The summed E-state index contributed by atoms with van der Waals surface area (Å²) in [6.07, 6.45) is 2.28. The molecule has 0 spiro atoms. The first-order chi connectivity index (χ1) is 8.56. The van der Waals surface area contributed by atoms with Crippen LogP contribution in [0.25, 0.3) is 0 Å². The van der Waals surface area contributed by atoms with E-state index in [9.17, 15) is 9.59 Å². The zero-order valence-electron chi connectivity index (χ0n) is 9.86. The molecule has 1 saturated carbocycles. The van der Waals surface area contributed by atoms with Crippen molar-refractivity contribution in [2.45, 2.75) is 25.3 Å². The largest absolute Gasteiger partial charge is 0.368 e. The number of benzene rings is 1. The van der Waals surface area contributed by atoms with Crippen LogP contribution in [-0.4, -0.2) is 17.9 Å². The number of rotatable bonds is 5. The molecule has 0 heterocycles. The van der Waals surface area contributed by atoms with Crippen LogP contribution in [0.5, 0.6) is 0 Å². The third-order valence-corrected chi connectivity index (χ3v) is 3.68. The van der Waals surface area contributed by atoms with Gasteiger partial charge in [-0.2, -0.15) is 0 Å². The smallest absolute Gasteiger partial charge is 0.240 e. The molecule has 5 heteroatoms. The highest BCUT2D eigenvalue weighted by Gasteiger charge is 2.32. The first-order valence-electron chi connectivity index (χ1n) is 5.90. The number of primary amides is 1. The molecule has 1 aromatic rings. The van der Waals surface area contributed by atoms with Crippen LogP contribution in [-0.2, 0) is 16.0 Å². The Bertz CT molecular complexity index is 455. The Kier molecular flexibility index (Phi) is 4.21. The van der Waals surface area contributed by atoms with Gasteiger partial charge in [0.1, 0.15) is 6.04 Å². The molecule has 0 unspecified atom stereocenters. The molecular formula is C13H15IN2O2. The van der Waals surface area contributed by atoms with Crippen LogP contribution < -0.4 is 11.1 Å². The van der Waals surface area contributed by atoms with E-state index in [1.165, 1.54) is 0 Å². The molecule has 0 aromatic heterocycles. The van der Waals surface area contributed by atoms with Crippen molar-refractivity contribution >= 4 is 34.4 Å². The molecule has 3 N–H and O–H groups in total. The summed E-state index contributed by atoms with van der Waals surface area (Å²) in [5.41, 5.74) is 6.32. The predicted molar refractivity (Wildman–Crippen MR) is 76.7 cm³/mol. The van der Waals surface area contributed by atoms with Gasteiger partial charge in [-0.15, -0.1) is 0 Å². The molecule has 1 aromatic carbocycles. The summed E-state index contributed by atoms with van der Waals surface area (Å²) in [4.78, 5) is 23.0. The van der Waals surface area contributed by atoms with Crippen LogP contribution in [0, 0.1) is 9.49 Å². The van der Waals surface area contributed by atoms with E-state index in [1.54, 1.807) is 0 Å². The fourth-order valence-corrected chi connectivity index (χ4v) is 2.07. The molecule has 18 heavy (non-hydrogen) atoms. The van der Waals surface area contributed by atoms with Gasteiger partial charge < -0.3 is 11.1 Å². The average molecular weight is 358 g/mol. The van der Waals surface area contributed by atoms with Crippen molar-refractivity contribution in [2.24, 2.45) is 11.7 Å². The second-order valence-corrected chi connectivity index (χ2v) is 5.81. The molecular weight excluding hydrogens is 343 g/mol. The molecule has 1 atom stereocenters. The van der Waals surface area contributed by atoms with Crippen molar-refractivity contribution in [2.75, 3.05) is 0 Å². The third-order valence-electron chi connectivity index (χ3n) is 2.96. The van der Waals surface area contributed by atoms with E-state index in [2.05, 4.69) is 27.9 Å². The van der Waals surface area contributed by atoms with E-state index in [0.29, 0.717) is 6.42 Å². The first-order valence-corrected chi connectivity index (χ1v) is 6.98. The minimum absolute atomic E-state index is 0.0516. The Labute approximate surface area is 119 Å². The highest BCUT2D eigenvalue weighted by atomic mass is 127. The molecule has 0 saturated heterocycles. The number of carbonyl (C=O) groups is 2. The van der Waals surface area contributed by atoms with Gasteiger partial charge in [-0.1, -0.05) is 12.1 Å². The molecule has 2 amide bonds. The maximum atomic E-state index is 11.6. The Hall–Kier alpha value is -1.11. The lowest BCUT2D eigenvalue weighted by Gasteiger charge is -2.15. The molecule has 1 aliphatic carbocycles. The van der Waals surface area contributed by atoms with Crippen LogP contribution in [0.15, 0.2) is 24.3 Å². The van der Waals surface area contributed by atoms with Crippen molar-refractivity contribution in [1.29, 1.82) is 0 Å². The molecule has 1 aliphatic rings. The van der Waals surface area contributed by atoms with Crippen molar-refractivity contribution < 1.29 is 9.59 Å². The van der Waals surface area contributed by atoms with Gasteiger partial charge in [-0.05, 0) is 53.1 Å². The predicted octanol–water partition coefficient (Wildman–Crippen LogP) is 1.21. The number of nitrogens with two attached hydrogens (primary N) is 1. The topological polar surface area (TPSA) is 72.2 Å². The first kappa shape index (κ1) is 13.3. The summed E-state index contributed by atoms with van der Waals surface area (Å²) in [6.45, 7) is 0. The Balaban J connectivity index is 1.99. The SMILES string of the molecule is NC(=O)[C@@H](Cc1ccc(I)cc1)NC(=O)C1CC1. The second-order valence-electron chi connectivity index (χ2n) is 4.57. The van der Waals surface area contributed by atoms with Gasteiger partial charge in [0, 0.05) is 15.9 Å². The summed E-state index contributed by atoms with van der Waals surface area (Å²) in [5.74, 6) is -0.449. The van der Waals surface area contributed by atoms with Crippen LogP contribution in [0.4, 0.5) is 0 Å². The molecule has 96 valence electrons. The molecule has 0 bridgehead atoms. The summed E-state index contributed by atoms with van der Waals surface area (Å²) < 4.78 is 1.13. The highest BCUT2D eigenvalue weighted by Crippen LogP contribution is 2.28. The Morgan fingerprint density at radius 3 is 2.44 bits per heavy atom. The molecule has 1 fully saturated rings. The zero-order valence-corrected chi connectivity index (χ0v) is 12.0. The van der Waals surface area contributed by atoms with Crippen LogP contribution in [0.3, 0.4) is 0 Å². The van der Waals surface area contributed by atoms with Crippen molar-refractivity contribution in [3.05, 3.63) is 33.4 Å². The van der Waals surface area contributed by atoms with Gasteiger partial charge in [0.05, 0.1) is 0 Å². The number of carbonyl (C=O) groups excluding carboxylic acids is 2. The quantitative estimate of drug-likeness (QED) is 0.777. The minimum atomic E-state index is -0.613. The van der Waals surface area contributed by atoms with Crippen LogP contribution in [0.1, 0.15) is 18.4 Å². The van der Waals surface area contributed by atoms with Crippen molar-refractivity contribution in [3.8, 4) is 0 Å². The van der Waals surface area contributed by atoms with Crippen molar-refractivity contribution in [1.82, 2.24) is 5.32 Å². The lowest BCUT2D eigenvalue weighted by Crippen LogP contribution is -2.46. The number of hydrogen-bond acceptors (Lipinski definition) is 2. The van der Waals surface area contributed by atoms with E-state index < -0.39 is 11.9 Å². The molecule has 2 rings (SSSR count). The summed E-state index contributed by atoms with van der Waals surface area (Å²) in [5, 5.41) is 2.73. The lowest BCUT2D eigenvalue weighted by atomic mass is 10.1. The van der Waals surface area contributed by atoms with E-state index in [4.69, 9.17) is 5.73 Å². The molecule has 0 aliphatic heterocycles. The van der Waals surface area contributed by atoms with Gasteiger partial charge in [-0.25, -0.2) is 0 Å². The van der Waals surface area contributed by atoms with E-state index in [-0.39, 0.29) is 11.8 Å². The molecule has 0 radical (unpaired) electrons. The van der Waals surface area contributed by atoms with Crippen molar-refractivity contribution in [3.63, 3.8) is 0 Å². The third kappa shape index (κ3) is 3.69. The van der Waals surface area contributed by atoms with Gasteiger partial charge in [0.15, 0.2) is 0 Å². The fraction of sp³-hybridized carbons (Fsp3) is 0.385. The number of nitrogens with one attached hydrogen (secondary N) is 1. The van der Waals surface area contributed by atoms with Gasteiger partial charge in [-0.3, -0.25) is 9.59 Å². The maximum absolute atomic E-state index is 11.6. The number of amides is 2. The fourth-order valence-electron chi connectivity index (χ4n) is 1.71. The highest BCUT2D eigenvalue weighted by molar-refractivity contribution is 14.1. The van der Waals surface area contributed by atoms with Gasteiger partial charge >= 0.3 is 0 Å². The van der Waals surface area contributed by atoms with E-state index >= 15 is 0 Å². The standard InChI is InChI=1S/C13H15IN2O2/c14-10-5-1-8(2-6-10)7-11(12(15)17)16-13(18)9-3-4-9/h1-2,5-6,9,11H,3-4,7H2,(H2,15,17)(H,16,18)/t11-/m1/s1. The monoisotopic (exact) mass is 358 g/mol. The van der Waals surface area contributed by atoms with Gasteiger partial charge in [0.25, 0.3) is 0 Å². The normalized spacial score (nSPS) is 16.1. The van der Waals surface area contributed by atoms with E-state index in [0.717, 1.165) is 22.0 Å². The zero-order chi connectivity index (χ0) is 13.1. The second kappa shape index (κ2) is 5.69. The van der Waals surface area contributed by atoms with Crippen LogP contribution >= 0.6 is 22.6 Å².